The highest BCUT2D eigenvalue weighted by Gasteiger charge is 2.22. The second kappa shape index (κ2) is 11.5. The van der Waals surface area contributed by atoms with E-state index in [1.165, 1.54) is 0 Å². The van der Waals surface area contributed by atoms with Crippen LogP contribution in [0.1, 0.15) is 10.4 Å². The zero-order valence-corrected chi connectivity index (χ0v) is 23.4. The fourth-order valence-electron chi connectivity index (χ4n) is 5.12. The van der Waals surface area contributed by atoms with Crippen LogP contribution in [0.15, 0.2) is 72.8 Å². The first-order valence-corrected chi connectivity index (χ1v) is 14.2. The van der Waals surface area contributed by atoms with Crippen molar-refractivity contribution in [1.29, 1.82) is 0 Å². The van der Waals surface area contributed by atoms with Crippen LogP contribution in [0, 0.1) is 0 Å². The van der Waals surface area contributed by atoms with E-state index in [1.54, 1.807) is 25.6 Å². The van der Waals surface area contributed by atoms with Gasteiger partial charge in [0.25, 0.3) is 5.91 Å². The lowest BCUT2D eigenvalue weighted by atomic mass is 10.0. The standard InChI is InChI=1S/C31H31N5O3S/c1-38-26-12-13-27(39-2)29-28(26)34-31(40-29)36-18-16-35(17-19-36)15-14-32-30(37)23-20-25(21-8-4-3-5-9-21)33-24-11-7-6-10-22(23)24/h3-13,20H,14-19H2,1-2H3,(H,32,37). The van der Waals surface area contributed by atoms with Crippen molar-refractivity contribution >= 4 is 43.5 Å². The molecule has 1 fully saturated rings. The van der Waals surface area contributed by atoms with Gasteiger partial charge in [-0.05, 0) is 24.3 Å². The summed E-state index contributed by atoms with van der Waals surface area (Å²) in [5.74, 6) is 1.49. The van der Waals surface area contributed by atoms with Gasteiger partial charge in [-0.15, -0.1) is 0 Å². The Bertz CT molecular complexity index is 1610. The van der Waals surface area contributed by atoms with Crippen LogP contribution in [-0.2, 0) is 0 Å². The Hall–Kier alpha value is -4.21. The monoisotopic (exact) mass is 553 g/mol. The predicted molar refractivity (Wildman–Crippen MR) is 161 cm³/mol. The number of para-hydroxylation sites is 1. The van der Waals surface area contributed by atoms with Crippen molar-refractivity contribution in [2.75, 3.05) is 58.4 Å². The van der Waals surface area contributed by atoms with E-state index in [2.05, 4.69) is 15.1 Å². The van der Waals surface area contributed by atoms with Crippen molar-refractivity contribution in [2.45, 2.75) is 0 Å². The molecule has 1 N–H and O–H groups in total. The summed E-state index contributed by atoms with van der Waals surface area (Å²) in [4.78, 5) is 27.7. The molecule has 0 aliphatic carbocycles. The van der Waals surface area contributed by atoms with Crippen LogP contribution in [0.3, 0.4) is 0 Å². The number of piperazine rings is 1. The summed E-state index contributed by atoms with van der Waals surface area (Å²) in [6.07, 6.45) is 0. The molecule has 9 heteroatoms. The Kier molecular flexibility index (Phi) is 7.48. The van der Waals surface area contributed by atoms with Crippen LogP contribution in [0.4, 0.5) is 5.13 Å². The number of methoxy groups -OCH3 is 2. The minimum Gasteiger partial charge on any atom is -0.495 e. The summed E-state index contributed by atoms with van der Waals surface area (Å²) in [7, 11) is 3.34. The molecule has 3 aromatic carbocycles. The van der Waals surface area contributed by atoms with E-state index >= 15 is 0 Å². The third kappa shape index (κ3) is 5.17. The van der Waals surface area contributed by atoms with E-state index in [4.69, 9.17) is 19.4 Å². The number of aromatic nitrogens is 2. The lowest BCUT2D eigenvalue weighted by Gasteiger charge is -2.34. The molecule has 3 heterocycles. The summed E-state index contributed by atoms with van der Waals surface area (Å²) in [6, 6.07) is 23.5. The SMILES string of the molecule is COc1ccc(OC)c2sc(N3CCN(CCNC(=O)c4cc(-c5ccccc5)nc5ccccc45)CC3)nc12. The van der Waals surface area contributed by atoms with Gasteiger partial charge < -0.3 is 19.7 Å². The van der Waals surface area contributed by atoms with Crippen molar-refractivity contribution in [3.63, 3.8) is 0 Å². The smallest absolute Gasteiger partial charge is 0.252 e. The lowest BCUT2D eigenvalue weighted by Crippen LogP contribution is -2.48. The first-order valence-electron chi connectivity index (χ1n) is 13.4. The molecule has 5 aromatic rings. The predicted octanol–water partition coefficient (Wildman–Crippen LogP) is 5.08. The van der Waals surface area contributed by atoms with Crippen molar-refractivity contribution in [2.24, 2.45) is 0 Å². The Morgan fingerprint density at radius 1 is 0.900 bits per heavy atom. The number of hydrogen-bond acceptors (Lipinski definition) is 8. The molecule has 0 saturated carbocycles. The van der Waals surface area contributed by atoms with Gasteiger partial charge in [-0.3, -0.25) is 9.69 Å². The summed E-state index contributed by atoms with van der Waals surface area (Å²) in [5.41, 5.74) is 4.09. The number of amides is 1. The lowest BCUT2D eigenvalue weighted by molar-refractivity contribution is 0.0949. The molecule has 0 radical (unpaired) electrons. The zero-order chi connectivity index (χ0) is 27.5. The van der Waals surface area contributed by atoms with Crippen molar-refractivity contribution in [3.05, 3.63) is 78.4 Å². The molecule has 2 aromatic heterocycles. The number of benzene rings is 3. The number of nitrogens with zero attached hydrogens (tertiary/aromatic N) is 4. The summed E-state index contributed by atoms with van der Waals surface area (Å²) in [5, 5.41) is 4.98. The first-order chi connectivity index (χ1) is 19.6. The molecule has 6 rings (SSSR count). The van der Waals surface area contributed by atoms with Gasteiger partial charge in [0.05, 0.1) is 31.0 Å². The maximum atomic E-state index is 13.3. The Morgan fingerprint density at radius 3 is 2.40 bits per heavy atom. The third-order valence-electron chi connectivity index (χ3n) is 7.29. The molecular formula is C31H31N5O3S. The van der Waals surface area contributed by atoms with E-state index in [0.717, 1.165) is 81.7 Å². The van der Waals surface area contributed by atoms with Crippen LogP contribution >= 0.6 is 11.3 Å². The zero-order valence-electron chi connectivity index (χ0n) is 22.6. The highest BCUT2D eigenvalue weighted by Crippen LogP contribution is 2.40. The quantitative estimate of drug-likeness (QED) is 0.287. The highest BCUT2D eigenvalue weighted by molar-refractivity contribution is 7.22. The molecule has 1 aliphatic rings. The number of rotatable bonds is 8. The number of thiazole rings is 1. The fourth-order valence-corrected chi connectivity index (χ4v) is 6.24. The topological polar surface area (TPSA) is 79.8 Å². The molecule has 204 valence electrons. The van der Waals surface area contributed by atoms with Crippen molar-refractivity contribution < 1.29 is 14.3 Å². The average molecular weight is 554 g/mol. The van der Waals surface area contributed by atoms with E-state index in [9.17, 15) is 4.79 Å². The number of ether oxygens (including phenoxy) is 2. The maximum Gasteiger partial charge on any atom is 0.252 e. The van der Waals surface area contributed by atoms with Gasteiger partial charge in [0, 0.05) is 50.2 Å². The van der Waals surface area contributed by atoms with Gasteiger partial charge in [0.2, 0.25) is 0 Å². The van der Waals surface area contributed by atoms with E-state index in [0.29, 0.717) is 12.1 Å². The summed E-state index contributed by atoms with van der Waals surface area (Å²) >= 11 is 1.63. The van der Waals surface area contributed by atoms with Crippen molar-refractivity contribution in [1.82, 2.24) is 20.2 Å². The molecule has 0 bridgehead atoms. The van der Waals surface area contributed by atoms with Crippen LogP contribution in [0.5, 0.6) is 11.5 Å². The minimum absolute atomic E-state index is 0.0770. The van der Waals surface area contributed by atoms with Gasteiger partial charge in [-0.25, -0.2) is 9.97 Å². The largest absolute Gasteiger partial charge is 0.495 e. The van der Waals surface area contributed by atoms with Crippen LogP contribution in [-0.4, -0.2) is 74.3 Å². The molecule has 8 nitrogen and oxygen atoms in total. The molecule has 0 spiro atoms. The number of carbonyl (C=O) groups is 1. The van der Waals surface area contributed by atoms with Crippen LogP contribution in [0.25, 0.3) is 32.4 Å². The van der Waals surface area contributed by atoms with E-state index < -0.39 is 0 Å². The second-order valence-corrected chi connectivity index (χ2v) is 10.6. The van der Waals surface area contributed by atoms with Gasteiger partial charge >= 0.3 is 0 Å². The molecule has 0 atom stereocenters. The first kappa shape index (κ1) is 26.0. The minimum atomic E-state index is -0.0770. The third-order valence-corrected chi connectivity index (χ3v) is 8.42. The van der Waals surface area contributed by atoms with Gasteiger partial charge in [0.1, 0.15) is 21.7 Å². The molecule has 1 aliphatic heterocycles. The molecule has 40 heavy (non-hydrogen) atoms. The molecule has 1 saturated heterocycles. The fraction of sp³-hybridized carbons (Fsp3) is 0.258. The molecule has 0 unspecified atom stereocenters. The molecular weight excluding hydrogens is 522 g/mol. The summed E-state index contributed by atoms with van der Waals surface area (Å²) in [6.45, 7) is 4.90. The number of fused-ring (bicyclic) bond motifs is 2. The maximum absolute atomic E-state index is 13.3. The summed E-state index contributed by atoms with van der Waals surface area (Å²) < 4.78 is 12.1. The number of hydrogen-bond donors (Lipinski definition) is 1. The number of pyridine rings is 1. The Morgan fingerprint density at radius 2 is 1.62 bits per heavy atom. The number of nitrogens with one attached hydrogen (secondary N) is 1. The highest BCUT2D eigenvalue weighted by atomic mass is 32.1. The number of carbonyl (C=O) groups excluding carboxylic acids is 1. The average Bonchev–Trinajstić information content (AvgIpc) is 3.46. The normalized spacial score (nSPS) is 14.0. The Balaban J connectivity index is 1.08. The molecule has 1 amide bonds. The number of anilines is 1. The Labute approximate surface area is 237 Å². The van der Waals surface area contributed by atoms with Crippen LogP contribution < -0.4 is 19.7 Å². The van der Waals surface area contributed by atoms with E-state index in [-0.39, 0.29) is 5.91 Å². The van der Waals surface area contributed by atoms with Gasteiger partial charge in [0.15, 0.2) is 5.13 Å². The van der Waals surface area contributed by atoms with Gasteiger partial charge in [-0.1, -0.05) is 59.9 Å². The van der Waals surface area contributed by atoms with Crippen LogP contribution in [0.2, 0.25) is 0 Å². The second-order valence-electron chi connectivity index (χ2n) is 9.67. The van der Waals surface area contributed by atoms with Crippen molar-refractivity contribution in [3.8, 4) is 22.8 Å². The van der Waals surface area contributed by atoms with E-state index in [1.807, 2.05) is 72.8 Å². The van der Waals surface area contributed by atoms with Gasteiger partial charge in [-0.2, -0.15) is 0 Å².